The molecule has 6 heteroatoms. The Hall–Kier alpha value is -2.40. The summed E-state index contributed by atoms with van der Waals surface area (Å²) >= 11 is 5.97. The number of nitrogens with one attached hydrogen (secondary N) is 2. The second-order valence-electron chi connectivity index (χ2n) is 6.30. The molecule has 1 aromatic heterocycles. The third-order valence-electron chi connectivity index (χ3n) is 4.39. The van der Waals surface area contributed by atoms with E-state index in [9.17, 15) is 9.59 Å². The van der Waals surface area contributed by atoms with Crippen molar-refractivity contribution in [3.05, 3.63) is 58.4 Å². The molecule has 0 aliphatic heterocycles. The maximum Gasteiger partial charge on any atom is 0.274 e. The van der Waals surface area contributed by atoms with Gasteiger partial charge in [0.15, 0.2) is 0 Å². The minimum absolute atomic E-state index is 0.165. The topological polar surface area (TPSA) is 71.1 Å². The van der Waals surface area contributed by atoms with Gasteiger partial charge >= 0.3 is 0 Å². The first-order valence-electron chi connectivity index (χ1n) is 8.37. The fraction of sp³-hybridized carbons (Fsp3) is 0.316. The van der Waals surface area contributed by atoms with Gasteiger partial charge in [-0.2, -0.15) is 0 Å². The van der Waals surface area contributed by atoms with Crippen LogP contribution in [0, 0.1) is 6.92 Å². The largest absolute Gasteiger partial charge is 0.349 e. The van der Waals surface area contributed by atoms with Crippen molar-refractivity contribution in [2.45, 2.75) is 38.6 Å². The van der Waals surface area contributed by atoms with Crippen molar-refractivity contribution in [2.75, 3.05) is 5.32 Å². The molecule has 25 heavy (non-hydrogen) atoms. The lowest BCUT2D eigenvalue weighted by atomic mass is 10.1. The lowest BCUT2D eigenvalue weighted by Crippen LogP contribution is -2.32. The number of anilines is 1. The average molecular weight is 358 g/mol. The van der Waals surface area contributed by atoms with E-state index in [2.05, 4.69) is 15.6 Å². The number of aromatic nitrogens is 1. The van der Waals surface area contributed by atoms with Gasteiger partial charge in [-0.05, 0) is 49.6 Å². The van der Waals surface area contributed by atoms with E-state index in [4.69, 9.17) is 11.6 Å². The number of benzene rings is 1. The van der Waals surface area contributed by atoms with Crippen LogP contribution in [0.4, 0.5) is 5.69 Å². The summed E-state index contributed by atoms with van der Waals surface area (Å²) in [5.74, 6) is -0.539. The Morgan fingerprint density at radius 3 is 2.64 bits per heavy atom. The highest BCUT2D eigenvalue weighted by Crippen LogP contribution is 2.21. The minimum Gasteiger partial charge on any atom is -0.349 e. The summed E-state index contributed by atoms with van der Waals surface area (Å²) in [4.78, 5) is 28.9. The van der Waals surface area contributed by atoms with E-state index in [-0.39, 0.29) is 23.6 Å². The minimum atomic E-state index is -0.374. The first kappa shape index (κ1) is 17.4. The molecule has 2 aromatic rings. The van der Waals surface area contributed by atoms with Crippen LogP contribution in [0.25, 0.3) is 0 Å². The molecule has 2 N–H and O–H groups in total. The van der Waals surface area contributed by atoms with Crippen LogP contribution in [0.5, 0.6) is 0 Å². The summed E-state index contributed by atoms with van der Waals surface area (Å²) in [5, 5.41) is 6.34. The van der Waals surface area contributed by atoms with E-state index in [0.717, 1.165) is 31.2 Å². The molecule has 0 spiro atoms. The molecule has 0 radical (unpaired) electrons. The zero-order valence-electron chi connectivity index (χ0n) is 14.0. The Morgan fingerprint density at radius 1 is 1.12 bits per heavy atom. The lowest BCUT2D eigenvalue weighted by molar-refractivity contribution is 0.0937. The zero-order valence-corrected chi connectivity index (χ0v) is 14.8. The van der Waals surface area contributed by atoms with E-state index in [1.165, 1.54) is 12.3 Å². The molecule has 1 heterocycles. The monoisotopic (exact) mass is 357 g/mol. The molecule has 3 rings (SSSR count). The van der Waals surface area contributed by atoms with Crippen LogP contribution < -0.4 is 10.6 Å². The number of pyridine rings is 1. The SMILES string of the molecule is Cc1ccc(Cl)cc1NC(=O)c1cc(C(=O)NC2CCCC2)ccn1. The van der Waals surface area contributed by atoms with Crippen molar-refractivity contribution in [1.82, 2.24) is 10.3 Å². The highest BCUT2D eigenvalue weighted by Gasteiger charge is 2.19. The molecule has 1 saturated carbocycles. The number of rotatable bonds is 4. The molecule has 1 fully saturated rings. The number of amides is 2. The maximum atomic E-state index is 12.4. The third-order valence-corrected chi connectivity index (χ3v) is 4.63. The van der Waals surface area contributed by atoms with Crippen LogP contribution in [-0.4, -0.2) is 22.8 Å². The van der Waals surface area contributed by atoms with Gasteiger partial charge in [-0.3, -0.25) is 14.6 Å². The van der Waals surface area contributed by atoms with Crippen LogP contribution >= 0.6 is 11.6 Å². The summed E-state index contributed by atoms with van der Waals surface area (Å²) in [6.07, 6.45) is 5.79. The van der Waals surface area contributed by atoms with E-state index in [1.807, 2.05) is 13.0 Å². The molecule has 0 unspecified atom stereocenters. The quantitative estimate of drug-likeness (QED) is 0.869. The van der Waals surface area contributed by atoms with Crippen LogP contribution in [-0.2, 0) is 0 Å². The number of nitrogens with zero attached hydrogens (tertiary/aromatic N) is 1. The van der Waals surface area contributed by atoms with Gasteiger partial charge in [0.25, 0.3) is 11.8 Å². The number of hydrogen-bond acceptors (Lipinski definition) is 3. The molecule has 2 amide bonds. The van der Waals surface area contributed by atoms with E-state index in [0.29, 0.717) is 16.3 Å². The van der Waals surface area contributed by atoms with Crippen LogP contribution in [0.3, 0.4) is 0 Å². The fourth-order valence-electron chi connectivity index (χ4n) is 2.95. The van der Waals surface area contributed by atoms with Gasteiger partial charge in [0.2, 0.25) is 0 Å². The Balaban J connectivity index is 1.72. The van der Waals surface area contributed by atoms with Crippen molar-refractivity contribution >= 4 is 29.1 Å². The highest BCUT2D eigenvalue weighted by atomic mass is 35.5. The molecule has 5 nitrogen and oxygen atoms in total. The predicted octanol–water partition coefficient (Wildman–Crippen LogP) is 3.97. The summed E-state index contributed by atoms with van der Waals surface area (Å²) < 4.78 is 0. The van der Waals surface area contributed by atoms with Crippen molar-refractivity contribution in [3.8, 4) is 0 Å². The van der Waals surface area contributed by atoms with E-state index < -0.39 is 0 Å². The molecular weight excluding hydrogens is 338 g/mol. The molecule has 0 atom stereocenters. The summed E-state index contributed by atoms with van der Waals surface area (Å²) in [7, 11) is 0. The van der Waals surface area contributed by atoms with Crippen molar-refractivity contribution in [2.24, 2.45) is 0 Å². The number of carbonyl (C=O) groups excluding carboxylic acids is 2. The number of aryl methyl sites for hydroxylation is 1. The van der Waals surface area contributed by atoms with Gasteiger partial charge in [-0.15, -0.1) is 0 Å². The number of carbonyl (C=O) groups is 2. The van der Waals surface area contributed by atoms with E-state index in [1.54, 1.807) is 18.2 Å². The highest BCUT2D eigenvalue weighted by molar-refractivity contribution is 6.31. The Kier molecular flexibility index (Phi) is 5.34. The Morgan fingerprint density at radius 2 is 1.88 bits per heavy atom. The molecule has 1 aliphatic carbocycles. The molecule has 1 aromatic carbocycles. The normalized spacial score (nSPS) is 14.3. The second kappa shape index (κ2) is 7.66. The summed E-state index contributed by atoms with van der Waals surface area (Å²) in [6.45, 7) is 1.88. The first-order valence-corrected chi connectivity index (χ1v) is 8.75. The van der Waals surface area contributed by atoms with Crippen molar-refractivity contribution < 1.29 is 9.59 Å². The smallest absolute Gasteiger partial charge is 0.274 e. The average Bonchev–Trinajstić information content (AvgIpc) is 3.11. The molecule has 1 aliphatic rings. The lowest BCUT2D eigenvalue weighted by Gasteiger charge is -2.12. The Bertz CT molecular complexity index is 801. The zero-order chi connectivity index (χ0) is 17.8. The van der Waals surface area contributed by atoms with Gasteiger partial charge in [0, 0.05) is 28.5 Å². The van der Waals surface area contributed by atoms with Gasteiger partial charge in [-0.25, -0.2) is 0 Å². The van der Waals surface area contributed by atoms with E-state index >= 15 is 0 Å². The van der Waals surface area contributed by atoms with Crippen LogP contribution in [0.15, 0.2) is 36.5 Å². The van der Waals surface area contributed by atoms with Gasteiger partial charge < -0.3 is 10.6 Å². The number of hydrogen-bond donors (Lipinski definition) is 2. The predicted molar refractivity (Wildman–Crippen MR) is 98.1 cm³/mol. The fourth-order valence-corrected chi connectivity index (χ4v) is 3.12. The Labute approximate surface area is 151 Å². The molecule has 130 valence electrons. The molecular formula is C19H20ClN3O2. The van der Waals surface area contributed by atoms with Crippen molar-refractivity contribution in [3.63, 3.8) is 0 Å². The van der Waals surface area contributed by atoms with Gasteiger partial charge in [0.05, 0.1) is 0 Å². The van der Waals surface area contributed by atoms with Crippen molar-refractivity contribution in [1.29, 1.82) is 0 Å². The molecule has 0 saturated heterocycles. The van der Waals surface area contributed by atoms with Gasteiger partial charge in [-0.1, -0.05) is 30.5 Å². The standard InChI is InChI=1S/C19H20ClN3O2/c1-12-6-7-14(20)11-16(12)23-19(25)17-10-13(8-9-21-17)18(24)22-15-4-2-3-5-15/h6-11,15H,2-5H2,1H3,(H,22,24)(H,23,25). The third kappa shape index (κ3) is 4.37. The summed E-state index contributed by atoms with van der Waals surface area (Å²) in [5.41, 5.74) is 2.15. The number of halogens is 1. The second-order valence-corrected chi connectivity index (χ2v) is 6.73. The first-order chi connectivity index (χ1) is 12.0. The molecule has 0 bridgehead atoms. The summed E-state index contributed by atoms with van der Waals surface area (Å²) in [6, 6.07) is 8.64. The van der Waals surface area contributed by atoms with Crippen LogP contribution in [0.2, 0.25) is 5.02 Å². The van der Waals surface area contributed by atoms with Gasteiger partial charge in [0.1, 0.15) is 5.69 Å². The van der Waals surface area contributed by atoms with Crippen LogP contribution in [0.1, 0.15) is 52.1 Å². The maximum absolute atomic E-state index is 12.4.